The number of pyridine rings is 1. The molecule has 82 valence electrons. The zero-order valence-corrected chi connectivity index (χ0v) is 9.66. The van der Waals surface area contributed by atoms with Crippen LogP contribution in [0.4, 0.5) is 0 Å². The lowest BCUT2D eigenvalue weighted by Crippen LogP contribution is -2.20. The predicted octanol–water partition coefficient (Wildman–Crippen LogP) is 2.92. The van der Waals surface area contributed by atoms with Gasteiger partial charge in [0.1, 0.15) is 0 Å². The summed E-state index contributed by atoms with van der Waals surface area (Å²) in [5, 5.41) is 3.63. The molecule has 1 aromatic rings. The van der Waals surface area contributed by atoms with Gasteiger partial charge in [-0.1, -0.05) is 13.8 Å². The van der Waals surface area contributed by atoms with Crippen LogP contribution in [0.1, 0.15) is 44.7 Å². The molecule has 2 heterocycles. The van der Waals surface area contributed by atoms with E-state index in [-0.39, 0.29) is 0 Å². The molecule has 1 aliphatic heterocycles. The molecule has 0 radical (unpaired) electrons. The number of hydrogen-bond donors (Lipinski definition) is 1. The van der Waals surface area contributed by atoms with Crippen LogP contribution in [0.5, 0.6) is 0 Å². The molecule has 0 unspecified atom stereocenters. The quantitative estimate of drug-likeness (QED) is 0.760. The second-order valence-corrected chi connectivity index (χ2v) is 5.24. The van der Waals surface area contributed by atoms with E-state index in [1.54, 1.807) is 0 Å². The van der Waals surface area contributed by atoms with E-state index in [0.717, 1.165) is 6.54 Å². The molecule has 1 fully saturated rings. The van der Waals surface area contributed by atoms with Crippen LogP contribution in [0.2, 0.25) is 0 Å². The van der Waals surface area contributed by atoms with Gasteiger partial charge >= 0.3 is 0 Å². The van der Waals surface area contributed by atoms with Crippen LogP contribution in [0.3, 0.4) is 0 Å². The first-order valence-corrected chi connectivity index (χ1v) is 5.81. The van der Waals surface area contributed by atoms with E-state index in [1.165, 1.54) is 24.8 Å². The molecule has 0 saturated carbocycles. The zero-order valence-electron chi connectivity index (χ0n) is 9.66. The summed E-state index contributed by atoms with van der Waals surface area (Å²) >= 11 is 0. The third kappa shape index (κ3) is 2.78. The van der Waals surface area contributed by atoms with E-state index >= 15 is 0 Å². The molecule has 2 heteroatoms. The molecule has 0 amide bonds. The summed E-state index contributed by atoms with van der Waals surface area (Å²) in [5.74, 6) is 0. The first kappa shape index (κ1) is 10.6. The van der Waals surface area contributed by atoms with Gasteiger partial charge in [0.05, 0.1) is 0 Å². The van der Waals surface area contributed by atoms with Gasteiger partial charge in [0.25, 0.3) is 0 Å². The first-order chi connectivity index (χ1) is 7.17. The Balaban J connectivity index is 2.06. The fourth-order valence-electron chi connectivity index (χ4n) is 2.23. The maximum atomic E-state index is 4.06. The topological polar surface area (TPSA) is 24.9 Å². The van der Waals surface area contributed by atoms with Crippen molar-refractivity contribution in [3.8, 4) is 0 Å². The van der Waals surface area contributed by atoms with Gasteiger partial charge in [-0.3, -0.25) is 4.98 Å². The molecule has 2 rings (SSSR count). The molecule has 1 aliphatic rings. The van der Waals surface area contributed by atoms with Crippen molar-refractivity contribution in [2.75, 3.05) is 6.54 Å². The van der Waals surface area contributed by atoms with Crippen molar-refractivity contribution < 1.29 is 0 Å². The average Bonchev–Trinajstić information content (AvgIpc) is 2.41. The minimum absolute atomic E-state index is 0.495. The SMILES string of the molecule is CC1(C)CCN[C@@H](c2ccncc2)CC1. The largest absolute Gasteiger partial charge is 0.310 e. The van der Waals surface area contributed by atoms with Crippen LogP contribution >= 0.6 is 0 Å². The third-order valence-electron chi connectivity index (χ3n) is 3.41. The number of hydrogen-bond acceptors (Lipinski definition) is 2. The Labute approximate surface area is 92.1 Å². The highest BCUT2D eigenvalue weighted by atomic mass is 14.9. The molecule has 1 atom stereocenters. The molecular weight excluding hydrogens is 184 g/mol. The Morgan fingerprint density at radius 3 is 2.73 bits per heavy atom. The number of nitrogens with one attached hydrogen (secondary N) is 1. The number of aromatic nitrogens is 1. The highest BCUT2D eigenvalue weighted by Crippen LogP contribution is 2.33. The Morgan fingerprint density at radius 1 is 1.27 bits per heavy atom. The van der Waals surface area contributed by atoms with Gasteiger partial charge in [-0.25, -0.2) is 0 Å². The van der Waals surface area contributed by atoms with Crippen LogP contribution in [-0.2, 0) is 0 Å². The van der Waals surface area contributed by atoms with Crippen molar-refractivity contribution >= 4 is 0 Å². The smallest absolute Gasteiger partial charge is 0.0321 e. The molecule has 2 nitrogen and oxygen atoms in total. The van der Waals surface area contributed by atoms with E-state index < -0.39 is 0 Å². The Kier molecular flexibility index (Phi) is 3.06. The Hall–Kier alpha value is -0.890. The van der Waals surface area contributed by atoms with Crippen LogP contribution in [0.15, 0.2) is 24.5 Å². The van der Waals surface area contributed by atoms with Gasteiger partial charge in [0, 0.05) is 18.4 Å². The van der Waals surface area contributed by atoms with Gasteiger partial charge in [-0.05, 0) is 48.9 Å². The van der Waals surface area contributed by atoms with Crippen molar-refractivity contribution in [2.45, 2.75) is 39.2 Å². The maximum Gasteiger partial charge on any atom is 0.0321 e. The van der Waals surface area contributed by atoms with Crippen LogP contribution in [0, 0.1) is 5.41 Å². The van der Waals surface area contributed by atoms with E-state index in [0.29, 0.717) is 11.5 Å². The van der Waals surface area contributed by atoms with Gasteiger partial charge in [-0.15, -0.1) is 0 Å². The molecule has 0 aliphatic carbocycles. The second kappa shape index (κ2) is 4.31. The van der Waals surface area contributed by atoms with Crippen molar-refractivity contribution in [3.63, 3.8) is 0 Å². The minimum atomic E-state index is 0.495. The Morgan fingerprint density at radius 2 is 2.00 bits per heavy atom. The van der Waals surface area contributed by atoms with Crippen LogP contribution < -0.4 is 5.32 Å². The minimum Gasteiger partial charge on any atom is -0.310 e. The molecule has 1 saturated heterocycles. The molecule has 15 heavy (non-hydrogen) atoms. The predicted molar refractivity (Wildman–Crippen MR) is 62.6 cm³/mol. The number of rotatable bonds is 1. The molecule has 0 aromatic carbocycles. The van der Waals surface area contributed by atoms with Crippen LogP contribution in [-0.4, -0.2) is 11.5 Å². The normalized spacial score (nSPS) is 25.9. The standard InChI is InChI=1S/C13H20N2/c1-13(2)6-3-12(15-10-7-13)11-4-8-14-9-5-11/h4-5,8-9,12,15H,3,6-7,10H2,1-2H3/t12-/m1/s1. The van der Waals surface area contributed by atoms with Gasteiger partial charge in [-0.2, -0.15) is 0 Å². The summed E-state index contributed by atoms with van der Waals surface area (Å²) < 4.78 is 0. The monoisotopic (exact) mass is 204 g/mol. The summed E-state index contributed by atoms with van der Waals surface area (Å²) in [4.78, 5) is 4.06. The van der Waals surface area contributed by atoms with Gasteiger partial charge < -0.3 is 5.32 Å². The Bertz CT molecular complexity index is 306. The summed E-state index contributed by atoms with van der Waals surface area (Å²) in [7, 11) is 0. The zero-order chi connectivity index (χ0) is 10.7. The molecule has 1 aromatic heterocycles. The van der Waals surface area contributed by atoms with E-state index in [1.807, 2.05) is 12.4 Å². The summed E-state index contributed by atoms with van der Waals surface area (Å²) in [6.45, 7) is 5.85. The number of nitrogens with zero attached hydrogens (tertiary/aromatic N) is 1. The fourth-order valence-corrected chi connectivity index (χ4v) is 2.23. The van der Waals surface area contributed by atoms with Gasteiger partial charge in [0.15, 0.2) is 0 Å². The van der Waals surface area contributed by atoms with Gasteiger partial charge in [0.2, 0.25) is 0 Å². The summed E-state index contributed by atoms with van der Waals surface area (Å²) in [6.07, 6.45) is 7.57. The molecule has 1 N–H and O–H groups in total. The average molecular weight is 204 g/mol. The van der Waals surface area contributed by atoms with Crippen LogP contribution in [0.25, 0.3) is 0 Å². The van der Waals surface area contributed by atoms with Crippen molar-refractivity contribution in [1.82, 2.24) is 10.3 Å². The third-order valence-corrected chi connectivity index (χ3v) is 3.41. The fraction of sp³-hybridized carbons (Fsp3) is 0.615. The lowest BCUT2D eigenvalue weighted by molar-refractivity contribution is 0.320. The van der Waals surface area contributed by atoms with Crippen molar-refractivity contribution in [3.05, 3.63) is 30.1 Å². The van der Waals surface area contributed by atoms with Crippen molar-refractivity contribution in [1.29, 1.82) is 0 Å². The summed E-state index contributed by atoms with van der Waals surface area (Å²) in [6, 6.07) is 4.76. The lowest BCUT2D eigenvalue weighted by Gasteiger charge is -2.21. The van der Waals surface area contributed by atoms with Crippen molar-refractivity contribution in [2.24, 2.45) is 5.41 Å². The molecule has 0 spiro atoms. The molecular formula is C13H20N2. The first-order valence-electron chi connectivity index (χ1n) is 5.81. The highest BCUT2D eigenvalue weighted by molar-refractivity contribution is 5.15. The van der Waals surface area contributed by atoms with E-state index in [4.69, 9.17) is 0 Å². The van der Waals surface area contributed by atoms with E-state index in [9.17, 15) is 0 Å². The lowest BCUT2D eigenvalue weighted by atomic mass is 9.84. The second-order valence-electron chi connectivity index (χ2n) is 5.24. The molecule has 0 bridgehead atoms. The van der Waals surface area contributed by atoms with E-state index in [2.05, 4.69) is 36.3 Å². The highest BCUT2D eigenvalue weighted by Gasteiger charge is 2.24. The summed E-state index contributed by atoms with van der Waals surface area (Å²) in [5.41, 5.74) is 1.87. The maximum absolute atomic E-state index is 4.06.